The summed E-state index contributed by atoms with van der Waals surface area (Å²) < 4.78 is 22.6. The van der Waals surface area contributed by atoms with E-state index in [-0.39, 0.29) is 17.1 Å². The van der Waals surface area contributed by atoms with E-state index in [0.29, 0.717) is 41.0 Å². The summed E-state index contributed by atoms with van der Waals surface area (Å²) in [6.45, 7) is 8.55. The summed E-state index contributed by atoms with van der Waals surface area (Å²) in [4.78, 5) is 23.6. The molecule has 0 saturated carbocycles. The number of aryl methyl sites for hydroxylation is 1. The van der Waals surface area contributed by atoms with Gasteiger partial charge in [-0.15, -0.1) is 0 Å². The van der Waals surface area contributed by atoms with Crippen LogP contribution in [0.4, 0.5) is 21.8 Å². The SMILES string of the molecule is Cn1c(Nc2cc(C(C)(C)C)ccc2F)nc2cc(Oc3ccnc(NC(=O)CN4CCCCC4)c3)ccc21. The van der Waals surface area contributed by atoms with Gasteiger partial charge in [0.15, 0.2) is 0 Å². The average Bonchev–Trinajstić information content (AvgIpc) is 3.19. The van der Waals surface area contributed by atoms with E-state index in [1.807, 2.05) is 41.9 Å². The fourth-order valence-electron chi connectivity index (χ4n) is 4.74. The van der Waals surface area contributed by atoms with Gasteiger partial charge in [-0.2, -0.15) is 0 Å². The first-order chi connectivity index (χ1) is 18.7. The van der Waals surface area contributed by atoms with E-state index in [9.17, 15) is 9.18 Å². The lowest BCUT2D eigenvalue weighted by Crippen LogP contribution is -2.36. The zero-order valence-corrected chi connectivity index (χ0v) is 22.9. The maximum absolute atomic E-state index is 14.6. The van der Waals surface area contributed by atoms with Crippen LogP contribution in [0, 0.1) is 5.82 Å². The number of imidazole rings is 1. The van der Waals surface area contributed by atoms with Crippen molar-refractivity contribution in [2.24, 2.45) is 7.05 Å². The van der Waals surface area contributed by atoms with Crippen molar-refractivity contribution in [2.45, 2.75) is 45.4 Å². The molecule has 1 fully saturated rings. The summed E-state index contributed by atoms with van der Waals surface area (Å²) in [5, 5.41) is 6.02. The Labute approximate surface area is 228 Å². The largest absolute Gasteiger partial charge is 0.457 e. The van der Waals surface area contributed by atoms with Gasteiger partial charge in [0.25, 0.3) is 0 Å². The van der Waals surface area contributed by atoms with Crippen LogP contribution < -0.4 is 15.4 Å². The van der Waals surface area contributed by atoms with Crippen molar-refractivity contribution in [2.75, 3.05) is 30.3 Å². The Hall–Kier alpha value is -3.98. The normalized spacial score (nSPS) is 14.4. The molecule has 2 aromatic heterocycles. The highest BCUT2D eigenvalue weighted by atomic mass is 19.1. The van der Waals surface area contributed by atoms with Crippen molar-refractivity contribution >= 4 is 34.4 Å². The minimum atomic E-state index is -0.337. The molecule has 5 rings (SSSR count). The van der Waals surface area contributed by atoms with E-state index in [2.05, 4.69) is 46.3 Å². The van der Waals surface area contributed by atoms with Gasteiger partial charge in [0.05, 0.1) is 23.3 Å². The number of anilines is 3. The number of benzene rings is 2. The quantitative estimate of drug-likeness (QED) is 0.289. The Morgan fingerprint density at radius 2 is 1.79 bits per heavy atom. The molecule has 8 nitrogen and oxygen atoms in total. The number of rotatable bonds is 7. The van der Waals surface area contributed by atoms with Crippen LogP contribution in [0.1, 0.15) is 45.6 Å². The molecule has 1 aliphatic rings. The molecule has 39 heavy (non-hydrogen) atoms. The standard InChI is InChI=1S/C30H35FN6O2/c1-30(2,3)20-8-10-23(31)24(16-20)33-29-34-25-17-21(9-11-26(25)36(29)4)39-22-12-13-32-27(18-22)35-28(38)19-37-14-6-5-7-15-37/h8-13,16-18H,5-7,14-15,19H2,1-4H3,(H,33,34)(H,32,35,38). The molecular formula is C30H35FN6O2. The highest BCUT2D eigenvalue weighted by molar-refractivity contribution is 5.91. The zero-order valence-electron chi connectivity index (χ0n) is 22.9. The molecule has 1 saturated heterocycles. The van der Waals surface area contributed by atoms with Gasteiger partial charge in [-0.05, 0) is 67.2 Å². The number of ether oxygens (including phenoxy) is 1. The predicted octanol–water partition coefficient (Wildman–Crippen LogP) is 6.37. The molecule has 1 amide bonds. The summed E-state index contributed by atoms with van der Waals surface area (Å²) >= 11 is 0. The number of hydrogen-bond acceptors (Lipinski definition) is 6. The summed E-state index contributed by atoms with van der Waals surface area (Å²) in [5.41, 5.74) is 2.88. The van der Waals surface area contributed by atoms with Gasteiger partial charge in [0.2, 0.25) is 11.9 Å². The van der Waals surface area contributed by atoms with Crippen LogP contribution >= 0.6 is 0 Å². The molecule has 3 heterocycles. The number of aromatic nitrogens is 3. The van der Waals surface area contributed by atoms with Gasteiger partial charge in [0.1, 0.15) is 23.1 Å². The molecule has 0 bridgehead atoms. The van der Waals surface area contributed by atoms with Gasteiger partial charge < -0.3 is 19.9 Å². The summed E-state index contributed by atoms with van der Waals surface area (Å²) in [7, 11) is 1.88. The van der Waals surface area contributed by atoms with Crippen LogP contribution in [0.2, 0.25) is 0 Å². The zero-order chi connectivity index (χ0) is 27.6. The Morgan fingerprint density at radius 3 is 2.56 bits per heavy atom. The number of nitrogens with one attached hydrogen (secondary N) is 2. The van der Waals surface area contributed by atoms with Crippen molar-refractivity contribution < 1.29 is 13.9 Å². The molecule has 204 valence electrons. The first kappa shape index (κ1) is 26.6. The summed E-state index contributed by atoms with van der Waals surface area (Å²) in [5.74, 6) is 1.68. The second-order valence-electron chi connectivity index (χ2n) is 11.1. The van der Waals surface area contributed by atoms with Crippen LogP contribution in [-0.2, 0) is 17.3 Å². The molecule has 4 aromatic rings. The van der Waals surface area contributed by atoms with Gasteiger partial charge >= 0.3 is 0 Å². The number of hydrogen-bond donors (Lipinski definition) is 2. The van der Waals surface area contributed by atoms with Crippen molar-refractivity contribution in [3.8, 4) is 11.5 Å². The molecule has 0 aliphatic carbocycles. The lowest BCUT2D eigenvalue weighted by Gasteiger charge is -2.25. The van der Waals surface area contributed by atoms with Gasteiger partial charge in [-0.3, -0.25) is 9.69 Å². The van der Waals surface area contributed by atoms with Crippen molar-refractivity contribution in [1.29, 1.82) is 0 Å². The number of halogens is 1. The average molecular weight is 531 g/mol. The third-order valence-corrected chi connectivity index (χ3v) is 6.98. The van der Waals surface area contributed by atoms with E-state index in [1.165, 1.54) is 12.5 Å². The van der Waals surface area contributed by atoms with Crippen LogP contribution in [-0.4, -0.2) is 45.0 Å². The van der Waals surface area contributed by atoms with Crippen molar-refractivity contribution in [3.05, 3.63) is 66.1 Å². The third kappa shape index (κ3) is 6.37. The highest BCUT2D eigenvalue weighted by Crippen LogP contribution is 2.31. The Balaban J connectivity index is 1.29. The predicted molar refractivity (Wildman–Crippen MR) is 152 cm³/mol. The summed E-state index contributed by atoms with van der Waals surface area (Å²) in [6, 6.07) is 14.2. The molecule has 9 heteroatoms. The molecule has 2 aromatic carbocycles. The molecule has 0 spiro atoms. The third-order valence-electron chi connectivity index (χ3n) is 6.98. The molecule has 2 N–H and O–H groups in total. The van der Waals surface area contributed by atoms with Crippen LogP contribution in [0.15, 0.2) is 54.7 Å². The van der Waals surface area contributed by atoms with Crippen LogP contribution in [0.5, 0.6) is 11.5 Å². The number of likely N-dealkylation sites (tertiary alicyclic amines) is 1. The Bertz CT molecular complexity index is 1490. The van der Waals surface area contributed by atoms with Crippen molar-refractivity contribution in [1.82, 2.24) is 19.4 Å². The maximum atomic E-state index is 14.6. The van der Waals surface area contributed by atoms with Gasteiger partial charge in [-0.25, -0.2) is 14.4 Å². The maximum Gasteiger partial charge on any atom is 0.239 e. The first-order valence-electron chi connectivity index (χ1n) is 13.4. The fourth-order valence-corrected chi connectivity index (χ4v) is 4.74. The minimum Gasteiger partial charge on any atom is -0.457 e. The number of pyridine rings is 1. The Morgan fingerprint density at radius 1 is 1.03 bits per heavy atom. The number of nitrogens with zero attached hydrogens (tertiary/aromatic N) is 4. The molecule has 0 atom stereocenters. The second kappa shape index (κ2) is 11.0. The van der Waals surface area contributed by atoms with Gasteiger partial charge in [-0.1, -0.05) is 33.3 Å². The van der Waals surface area contributed by atoms with E-state index in [4.69, 9.17) is 4.74 Å². The number of carbonyl (C=O) groups excluding carboxylic acids is 1. The molecule has 1 aliphatic heterocycles. The molecule has 0 unspecified atom stereocenters. The first-order valence-corrected chi connectivity index (χ1v) is 13.4. The number of piperidine rings is 1. The monoisotopic (exact) mass is 530 g/mol. The topological polar surface area (TPSA) is 84.3 Å². The van der Waals surface area contributed by atoms with Gasteiger partial charge in [0, 0.05) is 25.4 Å². The van der Waals surface area contributed by atoms with E-state index >= 15 is 0 Å². The van der Waals surface area contributed by atoms with E-state index in [0.717, 1.165) is 37.0 Å². The van der Waals surface area contributed by atoms with E-state index in [1.54, 1.807) is 18.3 Å². The lowest BCUT2D eigenvalue weighted by molar-refractivity contribution is -0.117. The number of carbonyl (C=O) groups is 1. The smallest absolute Gasteiger partial charge is 0.239 e. The summed E-state index contributed by atoms with van der Waals surface area (Å²) in [6.07, 6.45) is 5.10. The second-order valence-corrected chi connectivity index (χ2v) is 11.1. The minimum absolute atomic E-state index is 0.0824. The molecule has 0 radical (unpaired) electrons. The number of fused-ring (bicyclic) bond motifs is 1. The highest BCUT2D eigenvalue weighted by Gasteiger charge is 2.18. The van der Waals surface area contributed by atoms with Crippen molar-refractivity contribution in [3.63, 3.8) is 0 Å². The number of amides is 1. The fraction of sp³-hybridized carbons (Fsp3) is 0.367. The van der Waals surface area contributed by atoms with Crippen LogP contribution in [0.3, 0.4) is 0 Å². The van der Waals surface area contributed by atoms with E-state index < -0.39 is 0 Å². The molecular weight excluding hydrogens is 495 g/mol. The van der Waals surface area contributed by atoms with Crippen LogP contribution in [0.25, 0.3) is 11.0 Å². The Kier molecular flexibility index (Phi) is 7.52. The lowest BCUT2D eigenvalue weighted by atomic mass is 9.87.